The maximum Gasteiger partial charge on any atom is 0.194 e. The minimum absolute atomic E-state index is 0.0537. The molecule has 0 saturated heterocycles. The molecule has 0 saturated carbocycles. The Bertz CT molecular complexity index is 1430. The van der Waals surface area contributed by atoms with E-state index in [9.17, 15) is 4.79 Å². The summed E-state index contributed by atoms with van der Waals surface area (Å²) in [6, 6.07) is 19.3. The molecule has 1 nitrogen and oxygen atoms in total. The van der Waals surface area contributed by atoms with Gasteiger partial charge < -0.3 is 0 Å². The van der Waals surface area contributed by atoms with Crippen molar-refractivity contribution in [2.24, 2.45) is 0 Å². The number of benzene rings is 5. The molecule has 5 aromatic rings. The maximum absolute atomic E-state index is 13.0. The average Bonchev–Trinajstić information content (AvgIpc) is 2.61. The SMILES string of the molecule is O=C1c2cc3ccc4cccc5cc6ccc(c2c6c3c45)=CC1(Br)Br. The van der Waals surface area contributed by atoms with Gasteiger partial charge in [0, 0.05) is 10.9 Å². The monoisotopic (exact) mass is 448 g/mol. The van der Waals surface area contributed by atoms with E-state index >= 15 is 0 Å². The molecule has 3 heteroatoms. The van der Waals surface area contributed by atoms with E-state index in [-0.39, 0.29) is 5.78 Å². The van der Waals surface area contributed by atoms with Gasteiger partial charge in [0.15, 0.2) is 9.02 Å². The van der Waals surface area contributed by atoms with Crippen LogP contribution in [-0.4, -0.2) is 9.02 Å². The van der Waals surface area contributed by atoms with E-state index in [0.717, 1.165) is 21.6 Å². The van der Waals surface area contributed by atoms with Crippen LogP contribution in [0.1, 0.15) is 10.4 Å². The number of rotatable bonds is 0. The van der Waals surface area contributed by atoms with Crippen molar-refractivity contribution in [3.05, 3.63) is 65.4 Å². The van der Waals surface area contributed by atoms with Crippen LogP contribution >= 0.6 is 31.9 Å². The molecule has 0 spiro atoms. The molecule has 0 aromatic heterocycles. The molecule has 0 aliphatic heterocycles. The molecule has 118 valence electrons. The topological polar surface area (TPSA) is 17.1 Å². The van der Waals surface area contributed by atoms with E-state index in [0.29, 0.717) is 0 Å². The number of alkyl halides is 2. The largest absolute Gasteiger partial charge is 0.291 e. The third kappa shape index (κ3) is 1.66. The van der Waals surface area contributed by atoms with Gasteiger partial charge in [0.1, 0.15) is 0 Å². The molecule has 1 aliphatic rings. The molecule has 25 heavy (non-hydrogen) atoms. The van der Waals surface area contributed by atoms with Crippen molar-refractivity contribution in [3.8, 4) is 0 Å². The lowest BCUT2D eigenvalue weighted by Crippen LogP contribution is -2.30. The van der Waals surface area contributed by atoms with Crippen LogP contribution in [0.4, 0.5) is 0 Å². The minimum atomic E-state index is -0.828. The molecular weight excluding hydrogens is 440 g/mol. The number of hydrogen-bond donors (Lipinski definition) is 0. The van der Waals surface area contributed by atoms with E-state index in [4.69, 9.17) is 0 Å². The first kappa shape index (κ1) is 14.2. The van der Waals surface area contributed by atoms with Crippen molar-refractivity contribution in [2.45, 2.75) is 3.23 Å². The predicted molar refractivity (Wildman–Crippen MR) is 112 cm³/mol. The van der Waals surface area contributed by atoms with Gasteiger partial charge in [-0.05, 0) is 61.1 Å². The summed E-state index contributed by atoms with van der Waals surface area (Å²) in [5.41, 5.74) is 0.780. The molecule has 5 aromatic carbocycles. The first-order valence-corrected chi connectivity index (χ1v) is 9.72. The predicted octanol–water partition coefficient (Wildman–Crippen LogP) is 5.92. The summed E-state index contributed by atoms with van der Waals surface area (Å²) in [4.78, 5) is 13.0. The van der Waals surface area contributed by atoms with Crippen LogP contribution in [0.25, 0.3) is 49.2 Å². The second-order valence-corrected chi connectivity index (χ2v) is 10.3. The number of ketones is 1. The summed E-state index contributed by atoms with van der Waals surface area (Å²) in [6.07, 6.45) is 1.97. The van der Waals surface area contributed by atoms with Crippen molar-refractivity contribution in [2.75, 3.05) is 0 Å². The van der Waals surface area contributed by atoms with Gasteiger partial charge in [0.25, 0.3) is 0 Å². The number of carbonyl (C=O) groups is 1. The highest BCUT2D eigenvalue weighted by atomic mass is 79.9. The molecule has 0 fully saturated rings. The van der Waals surface area contributed by atoms with Crippen molar-refractivity contribution < 1.29 is 4.79 Å². The van der Waals surface area contributed by atoms with E-state index in [1.165, 1.54) is 32.3 Å². The molecule has 0 unspecified atom stereocenters. The Kier molecular flexibility index (Phi) is 2.51. The number of Topliss-reactive ketones (excluding diaryl/α,β-unsaturated/α-hetero) is 1. The van der Waals surface area contributed by atoms with Crippen LogP contribution < -0.4 is 5.22 Å². The zero-order valence-electron chi connectivity index (χ0n) is 12.9. The smallest absolute Gasteiger partial charge is 0.194 e. The molecule has 0 N–H and O–H groups in total. The summed E-state index contributed by atoms with van der Waals surface area (Å²) in [5.74, 6) is 0.0537. The summed E-state index contributed by atoms with van der Waals surface area (Å²) >= 11 is 7.06. The Labute approximate surface area is 159 Å². The van der Waals surface area contributed by atoms with Crippen LogP contribution in [0.5, 0.6) is 0 Å². The highest BCUT2D eigenvalue weighted by molar-refractivity contribution is 9.26. The highest BCUT2D eigenvalue weighted by Crippen LogP contribution is 2.43. The summed E-state index contributed by atoms with van der Waals surface area (Å²) in [5, 5.41) is 10.7. The summed E-state index contributed by atoms with van der Waals surface area (Å²) in [7, 11) is 0. The Hall–Kier alpha value is -1.97. The summed E-state index contributed by atoms with van der Waals surface area (Å²) in [6.45, 7) is 0. The Morgan fingerprint density at radius 2 is 1.32 bits per heavy atom. The lowest BCUT2D eigenvalue weighted by Gasteiger charge is -2.24. The normalized spacial score (nSPS) is 16.3. The van der Waals surface area contributed by atoms with Gasteiger partial charge >= 0.3 is 0 Å². The zero-order valence-corrected chi connectivity index (χ0v) is 16.1. The molecule has 0 heterocycles. The van der Waals surface area contributed by atoms with Gasteiger partial charge in [-0.2, -0.15) is 0 Å². The standard InChI is InChI=1S/C22H10Br2O/c23-22(24)10-15-7-6-13-8-12-3-1-2-11-4-5-14-9-16(21(22)25)18(15)20(13)19(14)17(11)12/h1-10H. The van der Waals surface area contributed by atoms with Crippen molar-refractivity contribution in [1.29, 1.82) is 0 Å². The van der Waals surface area contributed by atoms with Crippen LogP contribution in [0.3, 0.4) is 0 Å². The first-order valence-electron chi connectivity index (χ1n) is 8.13. The lowest BCUT2D eigenvalue weighted by molar-refractivity contribution is 0.1000. The third-order valence-corrected chi connectivity index (χ3v) is 6.57. The molecule has 6 rings (SSSR count). The summed E-state index contributed by atoms with van der Waals surface area (Å²) < 4.78 is -0.828. The fourth-order valence-electron chi connectivity index (χ4n) is 4.38. The van der Waals surface area contributed by atoms with Gasteiger partial charge in [-0.25, -0.2) is 0 Å². The van der Waals surface area contributed by atoms with E-state index in [1.54, 1.807) is 0 Å². The van der Waals surface area contributed by atoms with Crippen LogP contribution in [0.2, 0.25) is 0 Å². The van der Waals surface area contributed by atoms with Gasteiger partial charge in [-0.1, -0.05) is 74.3 Å². The Balaban J connectivity index is 2.05. The highest BCUT2D eigenvalue weighted by Gasteiger charge is 2.35. The van der Waals surface area contributed by atoms with Crippen molar-refractivity contribution in [1.82, 2.24) is 0 Å². The first-order chi connectivity index (χ1) is 12.0. The van der Waals surface area contributed by atoms with E-state index in [1.807, 2.05) is 6.08 Å². The number of halogens is 2. The van der Waals surface area contributed by atoms with Gasteiger partial charge in [0.05, 0.1) is 0 Å². The molecule has 0 bridgehead atoms. The minimum Gasteiger partial charge on any atom is -0.291 e. The second-order valence-electron chi connectivity index (χ2n) is 6.77. The Morgan fingerprint density at radius 3 is 2.20 bits per heavy atom. The zero-order chi connectivity index (χ0) is 16.9. The maximum atomic E-state index is 13.0. The molecule has 0 amide bonds. The molecule has 1 aliphatic carbocycles. The quantitative estimate of drug-likeness (QED) is 0.163. The lowest BCUT2D eigenvalue weighted by atomic mass is 9.84. The van der Waals surface area contributed by atoms with Crippen LogP contribution in [0, 0.1) is 0 Å². The fourth-order valence-corrected chi connectivity index (χ4v) is 5.30. The van der Waals surface area contributed by atoms with Crippen LogP contribution in [0.15, 0.2) is 54.6 Å². The third-order valence-electron chi connectivity index (χ3n) is 5.39. The van der Waals surface area contributed by atoms with Crippen LogP contribution in [-0.2, 0) is 0 Å². The van der Waals surface area contributed by atoms with E-state index in [2.05, 4.69) is 86.5 Å². The Morgan fingerprint density at radius 1 is 0.680 bits per heavy atom. The van der Waals surface area contributed by atoms with Gasteiger partial charge in [0.2, 0.25) is 0 Å². The molecular formula is C22H10Br2O. The molecule has 0 radical (unpaired) electrons. The van der Waals surface area contributed by atoms with Crippen molar-refractivity contribution in [3.63, 3.8) is 0 Å². The number of hydrogen-bond acceptors (Lipinski definition) is 1. The van der Waals surface area contributed by atoms with Crippen molar-refractivity contribution >= 4 is 86.8 Å². The van der Waals surface area contributed by atoms with Gasteiger partial charge in [-0.15, -0.1) is 0 Å². The average molecular weight is 450 g/mol. The second kappa shape index (κ2) is 4.40. The molecule has 0 atom stereocenters. The van der Waals surface area contributed by atoms with Gasteiger partial charge in [-0.3, -0.25) is 4.79 Å². The fraction of sp³-hybridized carbons (Fsp3) is 0.0455. The van der Waals surface area contributed by atoms with E-state index < -0.39 is 3.23 Å². The number of carbonyl (C=O) groups excluding carboxylic acids is 1.